The van der Waals surface area contributed by atoms with Gasteiger partial charge in [-0.2, -0.15) is 0 Å². The van der Waals surface area contributed by atoms with Crippen molar-refractivity contribution in [2.75, 3.05) is 24.9 Å². The van der Waals surface area contributed by atoms with Gasteiger partial charge in [0, 0.05) is 48.3 Å². The van der Waals surface area contributed by atoms with Gasteiger partial charge in [-0.15, -0.1) is 0 Å². The Morgan fingerprint density at radius 3 is 2.41 bits per heavy atom. The minimum absolute atomic E-state index is 0.151. The lowest BCUT2D eigenvalue weighted by molar-refractivity contribution is -0.125. The van der Waals surface area contributed by atoms with Gasteiger partial charge in [0.25, 0.3) is 0 Å². The van der Waals surface area contributed by atoms with E-state index in [-0.39, 0.29) is 29.9 Å². The van der Waals surface area contributed by atoms with E-state index in [1.165, 1.54) is 43.0 Å². The first-order valence-electron chi connectivity index (χ1n) is 11.7. The van der Waals surface area contributed by atoms with Crippen LogP contribution < -0.4 is 19.7 Å². The number of halogens is 1. The van der Waals surface area contributed by atoms with Gasteiger partial charge in [-0.3, -0.25) is 14.5 Å². The summed E-state index contributed by atoms with van der Waals surface area (Å²) >= 11 is 1.41. The fourth-order valence-electron chi connectivity index (χ4n) is 4.67. The molecule has 1 aliphatic rings. The maximum absolute atomic E-state index is 14.0. The van der Waals surface area contributed by atoms with Crippen LogP contribution >= 0.6 is 11.8 Å². The number of amides is 2. The van der Waals surface area contributed by atoms with Crippen molar-refractivity contribution in [2.45, 2.75) is 17.6 Å². The number of hydrogen-bond acceptors (Lipinski definition) is 5. The fraction of sp³-hybridized carbons (Fsp3) is 0.214. The molecule has 0 bridgehead atoms. The van der Waals surface area contributed by atoms with Crippen molar-refractivity contribution in [1.82, 2.24) is 9.88 Å². The van der Waals surface area contributed by atoms with Crippen LogP contribution in [0, 0.1) is 5.82 Å². The van der Waals surface area contributed by atoms with Crippen molar-refractivity contribution in [3.63, 3.8) is 0 Å². The number of anilines is 1. The third-order valence-corrected chi connectivity index (χ3v) is 7.62. The Morgan fingerprint density at radius 1 is 1.05 bits per heavy atom. The molecule has 0 spiro atoms. The van der Waals surface area contributed by atoms with Crippen molar-refractivity contribution in [3.8, 4) is 11.5 Å². The minimum Gasteiger partial charge on any atom is -0.497 e. The van der Waals surface area contributed by atoms with E-state index < -0.39 is 6.04 Å². The van der Waals surface area contributed by atoms with E-state index >= 15 is 0 Å². The number of carbonyl (C=O) groups is 2. The molecular weight excluding hydrogens is 493 g/mol. The number of ether oxygens (including phenoxy) is 2. The van der Waals surface area contributed by atoms with Gasteiger partial charge in [0.05, 0.1) is 30.7 Å². The molecule has 0 aliphatic carbocycles. The second-order valence-corrected chi connectivity index (χ2v) is 9.63. The molecule has 37 heavy (non-hydrogen) atoms. The standard InChI is InChI=1S/C28H26FN3O4S/c1-31-23-7-5-4-6-22(23)25-26(27(34)30-15-17-8-10-18(29)11-9-17)32(24(33)16-37-28(25)31)19-12-20(35-2)14-21(13-19)36-3/h4-14,26H,15-16H2,1-3H3,(H,30,34). The van der Waals surface area contributed by atoms with Crippen molar-refractivity contribution in [2.24, 2.45) is 7.05 Å². The summed E-state index contributed by atoms with van der Waals surface area (Å²) in [7, 11) is 5.01. The smallest absolute Gasteiger partial charge is 0.248 e. The van der Waals surface area contributed by atoms with Crippen molar-refractivity contribution >= 4 is 40.2 Å². The number of benzene rings is 3. The molecule has 9 heteroatoms. The summed E-state index contributed by atoms with van der Waals surface area (Å²) in [6.07, 6.45) is 0. The maximum Gasteiger partial charge on any atom is 0.248 e. The number of nitrogens with one attached hydrogen (secondary N) is 1. The van der Waals surface area contributed by atoms with Gasteiger partial charge in [-0.05, 0) is 23.8 Å². The average Bonchev–Trinajstić information content (AvgIpc) is 3.09. The zero-order valence-corrected chi connectivity index (χ0v) is 21.5. The Morgan fingerprint density at radius 2 is 1.73 bits per heavy atom. The summed E-state index contributed by atoms with van der Waals surface area (Å²) in [6.45, 7) is 0.187. The molecule has 2 heterocycles. The van der Waals surface area contributed by atoms with E-state index in [0.29, 0.717) is 17.2 Å². The van der Waals surface area contributed by atoms with Crippen molar-refractivity contribution < 1.29 is 23.5 Å². The minimum atomic E-state index is -0.958. The number of fused-ring (bicyclic) bond motifs is 3. The molecule has 0 fully saturated rings. The largest absolute Gasteiger partial charge is 0.497 e. The summed E-state index contributed by atoms with van der Waals surface area (Å²) in [5, 5.41) is 4.72. The van der Waals surface area contributed by atoms with E-state index in [1.54, 1.807) is 30.3 Å². The average molecular weight is 520 g/mol. The first-order chi connectivity index (χ1) is 17.9. The first-order valence-corrected chi connectivity index (χ1v) is 12.7. The van der Waals surface area contributed by atoms with Gasteiger partial charge in [-0.25, -0.2) is 4.39 Å². The number of para-hydroxylation sites is 1. The maximum atomic E-state index is 14.0. The van der Waals surface area contributed by atoms with E-state index in [1.807, 2.05) is 35.9 Å². The van der Waals surface area contributed by atoms with E-state index in [9.17, 15) is 14.0 Å². The topological polar surface area (TPSA) is 72.8 Å². The number of nitrogens with zero attached hydrogens (tertiary/aromatic N) is 2. The van der Waals surface area contributed by atoms with Crippen LogP contribution in [0.3, 0.4) is 0 Å². The second-order valence-electron chi connectivity index (χ2n) is 8.67. The summed E-state index contributed by atoms with van der Waals surface area (Å²) < 4.78 is 26.3. The highest BCUT2D eigenvalue weighted by molar-refractivity contribution is 8.00. The molecule has 7 nitrogen and oxygen atoms in total. The molecule has 4 aromatic rings. The Bertz CT molecular complexity index is 1460. The van der Waals surface area contributed by atoms with Gasteiger partial charge in [0.2, 0.25) is 11.8 Å². The summed E-state index contributed by atoms with van der Waals surface area (Å²) in [5.41, 5.74) is 2.96. The third kappa shape index (κ3) is 4.62. The van der Waals surface area contributed by atoms with Crippen LogP contribution in [-0.4, -0.2) is 36.4 Å². The third-order valence-electron chi connectivity index (χ3n) is 6.47. The van der Waals surface area contributed by atoms with Gasteiger partial charge in [0.15, 0.2) is 0 Å². The van der Waals surface area contributed by atoms with Crippen LogP contribution in [0.5, 0.6) is 11.5 Å². The van der Waals surface area contributed by atoms with E-state index in [4.69, 9.17) is 9.47 Å². The number of methoxy groups -OCH3 is 2. The van der Waals surface area contributed by atoms with Gasteiger partial charge in [0.1, 0.15) is 23.4 Å². The SMILES string of the molecule is COc1cc(OC)cc(N2C(=O)CSc3c(c4ccccc4n3C)C2C(=O)NCc2ccc(F)cc2)c1. The fourth-order valence-corrected chi connectivity index (χ4v) is 5.74. The quantitative estimate of drug-likeness (QED) is 0.395. The summed E-state index contributed by atoms with van der Waals surface area (Å²) in [6, 6.07) is 18.0. The predicted octanol–water partition coefficient (Wildman–Crippen LogP) is 4.83. The van der Waals surface area contributed by atoms with Crippen LogP contribution in [-0.2, 0) is 23.2 Å². The Balaban J connectivity index is 1.66. The number of aryl methyl sites for hydroxylation is 1. The lowest BCUT2D eigenvalue weighted by atomic mass is 10.0. The molecule has 3 aromatic carbocycles. The number of thioether (sulfide) groups is 1. The van der Waals surface area contributed by atoms with Crippen molar-refractivity contribution in [1.29, 1.82) is 0 Å². The van der Waals surface area contributed by atoms with Gasteiger partial charge >= 0.3 is 0 Å². The number of rotatable bonds is 6. The van der Waals surface area contributed by atoms with Gasteiger partial charge < -0.3 is 19.4 Å². The molecule has 5 rings (SSSR count). The number of carbonyl (C=O) groups excluding carboxylic acids is 2. The predicted molar refractivity (Wildman–Crippen MR) is 142 cm³/mol. The van der Waals surface area contributed by atoms with Gasteiger partial charge in [-0.1, -0.05) is 42.1 Å². The first kappa shape index (κ1) is 24.7. The van der Waals surface area contributed by atoms with Crippen LogP contribution in [0.4, 0.5) is 10.1 Å². The molecule has 1 N–H and O–H groups in total. The lowest BCUT2D eigenvalue weighted by Gasteiger charge is -2.30. The van der Waals surface area contributed by atoms with Crippen LogP contribution in [0.2, 0.25) is 0 Å². The molecule has 2 amide bonds. The number of hydrogen-bond donors (Lipinski definition) is 1. The Labute approximate surface area is 218 Å². The molecule has 1 unspecified atom stereocenters. The lowest BCUT2D eigenvalue weighted by Crippen LogP contribution is -2.43. The molecule has 0 radical (unpaired) electrons. The molecule has 190 valence electrons. The highest BCUT2D eigenvalue weighted by atomic mass is 32.2. The highest BCUT2D eigenvalue weighted by Gasteiger charge is 2.40. The van der Waals surface area contributed by atoms with E-state index in [0.717, 1.165) is 27.1 Å². The monoisotopic (exact) mass is 519 g/mol. The molecule has 1 aliphatic heterocycles. The Hall–Kier alpha value is -3.98. The van der Waals surface area contributed by atoms with Crippen LogP contribution in [0.25, 0.3) is 10.9 Å². The summed E-state index contributed by atoms with van der Waals surface area (Å²) in [4.78, 5) is 29.2. The molecule has 1 atom stereocenters. The zero-order chi connectivity index (χ0) is 26.1. The highest BCUT2D eigenvalue weighted by Crippen LogP contribution is 2.44. The summed E-state index contributed by atoms with van der Waals surface area (Å²) in [5.74, 6) is 0.241. The van der Waals surface area contributed by atoms with Crippen LogP contribution in [0.15, 0.2) is 71.8 Å². The van der Waals surface area contributed by atoms with Crippen LogP contribution in [0.1, 0.15) is 17.2 Å². The molecule has 0 saturated carbocycles. The Kier molecular flexibility index (Phi) is 6.80. The zero-order valence-electron chi connectivity index (χ0n) is 20.7. The van der Waals surface area contributed by atoms with E-state index in [2.05, 4.69) is 5.32 Å². The molecular formula is C28H26FN3O4S. The molecule has 0 saturated heterocycles. The second kappa shape index (κ2) is 10.2. The number of aromatic nitrogens is 1. The van der Waals surface area contributed by atoms with Crippen molar-refractivity contribution in [3.05, 3.63) is 83.7 Å². The normalized spacial score (nSPS) is 15.3. The molecule has 1 aromatic heterocycles.